The maximum absolute atomic E-state index is 6.27. The lowest BCUT2D eigenvalue weighted by atomic mass is 10.1. The number of benzene rings is 1. The lowest BCUT2D eigenvalue weighted by Gasteiger charge is -2.25. The second-order valence-corrected chi connectivity index (χ2v) is 4.68. The zero-order valence-electron chi connectivity index (χ0n) is 11.9. The Balaban J connectivity index is 2.58. The average Bonchev–Trinajstić information content (AvgIpc) is 2.39. The summed E-state index contributed by atoms with van der Waals surface area (Å²) in [6.45, 7) is 7.59. The quantitative estimate of drug-likeness (QED) is 0.771. The number of nitrogens with zero attached hydrogens (tertiary/aromatic N) is 1. The lowest BCUT2D eigenvalue weighted by Crippen LogP contribution is -2.33. The van der Waals surface area contributed by atoms with Crippen LogP contribution in [0.5, 0.6) is 5.75 Å². The molecule has 1 unspecified atom stereocenters. The van der Waals surface area contributed by atoms with Crippen molar-refractivity contribution in [1.82, 2.24) is 4.90 Å². The predicted molar refractivity (Wildman–Crippen MR) is 76.9 cm³/mol. The first-order chi connectivity index (χ1) is 8.71. The molecule has 0 bridgehead atoms. The fraction of sp³-hybridized carbons (Fsp3) is 0.600. The van der Waals surface area contributed by atoms with Gasteiger partial charge in [-0.05, 0) is 43.6 Å². The highest BCUT2D eigenvalue weighted by Gasteiger charge is 2.11. The standard InChI is InChI=1S/C15H26N2O/c1-4-10-17(11-5-2)12-15(16)13-6-8-14(18-3)9-7-13/h6-9,15H,4-5,10-12,16H2,1-3H3. The van der Waals surface area contributed by atoms with Crippen LogP contribution in [0.1, 0.15) is 38.3 Å². The van der Waals surface area contributed by atoms with E-state index >= 15 is 0 Å². The summed E-state index contributed by atoms with van der Waals surface area (Å²) in [5.41, 5.74) is 7.44. The van der Waals surface area contributed by atoms with Gasteiger partial charge in [-0.1, -0.05) is 26.0 Å². The summed E-state index contributed by atoms with van der Waals surface area (Å²) in [5, 5.41) is 0. The van der Waals surface area contributed by atoms with E-state index in [-0.39, 0.29) is 6.04 Å². The van der Waals surface area contributed by atoms with Gasteiger partial charge in [0.15, 0.2) is 0 Å². The monoisotopic (exact) mass is 250 g/mol. The molecule has 0 heterocycles. The van der Waals surface area contributed by atoms with Crippen LogP contribution in [-0.4, -0.2) is 31.6 Å². The van der Waals surface area contributed by atoms with Crippen LogP contribution in [0.15, 0.2) is 24.3 Å². The molecule has 2 N–H and O–H groups in total. The number of nitrogens with two attached hydrogens (primary N) is 1. The van der Waals surface area contributed by atoms with Crippen molar-refractivity contribution in [1.29, 1.82) is 0 Å². The first kappa shape index (κ1) is 15.0. The van der Waals surface area contributed by atoms with Crippen molar-refractivity contribution in [2.45, 2.75) is 32.7 Å². The van der Waals surface area contributed by atoms with Crippen molar-refractivity contribution in [3.05, 3.63) is 29.8 Å². The van der Waals surface area contributed by atoms with Gasteiger partial charge in [-0.2, -0.15) is 0 Å². The molecular formula is C15H26N2O. The van der Waals surface area contributed by atoms with Gasteiger partial charge in [-0.3, -0.25) is 0 Å². The van der Waals surface area contributed by atoms with Gasteiger partial charge in [-0.15, -0.1) is 0 Å². The molecule has 102 valence electrons. The second-order valence-electron chi connectivity index (χ2n) is 4.68. The highest BCUT2D eigenvalue weighted by molar-refractivity contribution is 5.29. The SMILES string of the molecule is CCCN(CCC)CC(N)c1ccc(OC)cc1. The van der Waals surface area contributed by atoms with Gasteiger partial charge in [0.1, 0.15) is 5.75 Å². The molecular weight excluding hydrogens is 224 g/mol. The van der Waals surface area contributed by atoms with Gasteiger partial charge >= 0.3 is 0 Å². The number of rotatable bonds is 8. The van der Waals surface area contributed by atoms with Crippen molar-refractivity contribution in [2.24, 2.45) is 5.73 Å². The third-order valence-corrected chi connectivity index (χ3v) is 3.08. The van der Waals surface area contributed by atoms with Crippen LogP contribution >= 0.6 is 0 Å². The molecule has 3 nitrogen and oxygen atoms in total. The zero-order chi connectivity index (χ0) is 13.4. The highest BCUT2D eigenvalue weighted by Crippen LogP contribution is 2.17. The maximum Gasteiger partial charge on any atom is 0.118 e. The molecule has 0 aliphatic rings. The predicted octanol–water partition coefficient (Wildman–Crippen LogP) is 2.82. The Morgan fingerprint density at radius 3 is 2.11 bits per heavy atom. The minimum absolute atomic E-state index is 0.0778. The molecule has 0 spiro atoms. The Labute approximate surface area is 111 Å². The Morgan fingerprint density at radius 2 is 1.67 bits per heavy atom. The van der Waals surface area contributed by atoms with E-state index in [0.717, 1.165) is 25.4 Å². The Bertz CT molecular complexity index is 318. The fourth-order valence-corrected chi connectivity index (χ4v) is 2.16. The summed E-state index contributed by atoms with van der Waals surface area (Å²) < 4.78 is 5.16. The van der Waals surface area contributed by atoms with Crippen molar-refractivity contribution in [3.8, 4) is 5.75 Å². The molecule has 0 aromatic heterocycles. The topological polar surface area (TPSA) is 38.5 Å². The minimum Gasteiger partial charge on any atom is -0.497 e. The molecule has 1 aromatic carbocycles. The van der Waals surface area contributed by atoms with Crippen LogP contribution in [0.4, 0.5) is 0 Å². The van der Waals surface area contributed by atoms with E-state index in [1.807, 2.05) is 12.1 Å². The van der Waals surface area contributed by atoms with Crippen LogP contribution in [0.25, 0.3) is 0 Å². The Hall–Kier alpha value is -1.06. The highest BCUT2D eigenvalue weighted by atomic mass is 16.5. The molecule has 0 aliphatic heterocycles. The number of hydrogen-bond acceptors (Lipinski definition) is 3. The van der Waals surface area contributed by atoms with Crippen LogP contribution in [0, 0.1) is 0 Å². The molecule has 0 amide bonds. The van der Waals surface area contributed by atoms with E-state index < -0.39 is 0 Å². The zero-order valence-corrected chi connectivity index (χ0v) is 11.9. The molecule has 3 heteroatoms. The van der Waals surface area contributed by atoms with Crippen molar-refractivity contribution >= 4 is 0 Å². The molecule has 1 aromatic rings. The average molecular weight is 250 g/mol. The molecule has 1 rings (SSSR count). The van der Waals surface area contributed by atoms with E-state index in [9.17, 15) is 0 Å². The number of ether oxygens (including phenoxy) is 1. The summed E-state index contributed by atoms with van der Waals surface area (Å²) in [7, 11) is 1.68. The second kappa shape index (κ2) is 8.11. The van der Waals surface area contributed by atoms with Gasteiger partial charge in [0, 0.05) is 12.6 Å². The lowest BCUT2D eigenvalue weighted by molar-refractivity contribution is 0.258. The van der Waals surface area contributed by atoms with Gasteiger partial charge in [0.25, 0.3) is 0 Å². The molecule has 1 atom stereocenters. The van der Waals surface area contributed by atoms with Crippen molar-refractivity contribution in [2.75, 3.05) is 26.7 Å². The molecule has 0 saturated carbocycles. The van der Waals surface area contributed by atoms with Gasteiger partial charge in [0.05, 0.1) is 7.11 Å². The minimum atomic E-state index is 0.0778. The van der Waals surface area contributed by atoms with Crippen LogP contribution in [0.2, 0.25) is 0 Å². The van der Waals surface area contributed by atoms with E-state index in [2.05, 4.69) is 30.9 Å². The van der Waals surface area contributed by atoms with Crippen molar-refractivity contribution < 1.29 is 4.74 Å². The summed E-state index contributed by atoms with van der Waals surface area (Å²) in [6, 6.07) is 8.13. The molecule has 18 heavy (non-hydrogen) atoms. The van der Waals surface area contributed by atoms with Gasteiger partial charge < -0.3 is 15.4 Å². The maximum atomic E-state index is 6.27. The van der Waals surface area contributed by atoms with E-state index in [1.165, 1.54) is 18.4 Å². The number of methoxy groups -OCH3 is 1. The van der Waals surface area contributed by atoms with Crippen LogP contribution in [-0.2, 0) is 0 Å². The van der Waals surface area contributed by atoms with Crippen molar-refractivity contribution in [3.63, 3.8) is 0 Å². The van der Waals surface area contributed by atoms with E-state index in [4.69, 9.17) is 10.5 Å². The molecule has 0 fully saturated rings. The van der Waals surface area contributed by atoms with E-state index in [0.29, 0.717) is 0 Å². The molecule has 0 saturated heterocycles. The first-order valence-electron chi connectivity index (χ1n) is 6.83. The summed E-state index contributed by atoms with van der Waals surface area (Å²) in [6.07, 6.45) is 2.35. The summed E-state index contributed by atoms with van der Waals surface area (Å²) in [5.74, 6) is 0.880. The molecule has 0 aliphatic carbocycles. The summed E-state index contributed by atoms with van der Waals surface area (Å²) in [4.78, 5) is 2.44. The number of hydrogen-bond donors (Lipinski definition) is 1. The Morgan fingerprint density at radius 1 is 1.11 bits per heavy atom. The largest absolute Gasteiger partial charge is 0.497 e. The third-order valence-electron chi connectivity index (χ3n) is 3.08. The normalized spacial score (nSPS) is 12.7. The first-order valence-corrected chi connectivity index (χ1v) is 6.83. The van der Waals surface area contributed by atoms with Crippen LogP contribution < -0.4 is 10.5 Å². The smallest absolute Gasteiger partial charge is 0.118 e. The van der Waals surface area contributed by atoms with Gasteiger partial charge in [-0.25, -0.2) is 0 Å². The fourth-order valence-electron chi connectivity index (χ4n) is 2.16. The van der Waals surface area contributed by atoms with Gasteiger partial charge in [0.2, 0.25) is 0 Å². The summed E-state index contributed by atoms with van der Waals surface area (Å²) >= 11 is 0. The van der Waals surface area contributed by atoms with E-state index in [1.54, 1.807) is 7.11 Å². The third kappa shape index (κ3) is 4.67. The Kier molecular flexibility index (Phi) is 6.76. The van der Waals surface area contributed by atoms with Crippen LogP contribution in [0.3, 0.4) is 0 Å². The molecule has 0 radical (unpaired) electrons.